The number of nitrogen functional groups attached to an aromatic ring is 1. The van der Waals surface area contributed by atoms with Crippen molar-refractivity contribution in [2.24, 2.45) is 0 Å². The van der Waals surface area contributed by atoms with Crippen molar-refractivity contribution in [2.75, 3.05) is 26.4 Å². The van der Waals surface area contributed by atoms with Gasteiger partial charge in [-0.15, -0.1) is 0 Å². The van der Waals surface area contributed by atoms with E-state index in [0.717, 1.165) is 5.56 Å². The summed E-state index contributed by atoms with van der Waals surface area (Å²) >= 11 is 0. The number of fused-ring (bicyclic) bond motifs is 1. The molecular formula is C11H14N2O2. The Morgan fingerprint density at radius 3 is 2.87 bits per heavy atom. The average molecular weight is 206 g/mol. The van der Waals surface area contributed by atoms with Gasteiger partial charge in [0.1, 0.15) is 6.10 Å². The van der Waals surface area contributed by atoms with Crippen LogP contribution in [-0.2, 0) is 4.74 Å². The topological polar surface area (TPSA) is 55.6 Å². The van der Waals surface area contributed by atoms with E-state index >= 15 is 0 Å². The van der Waals surface area contributed by atoms with Crippen LogP contribution in [0, 0.1) is 0 Å². The van der Waals surface area contributed by atoms with E-state index in [-0.39, 0.29) is 12.1 Å². The van der Waals surface area contributed by atoms with Crippen molar-refractivity contribution >= 4 is 11.7 Å². The Hall–Kier alpha value is -1.55. The van der Waals surface area contributed by atoms with Crippen LogP contribution in [0.5, 0.6) is 0 Å². The van der Waals surface area contributed by atoms with E-state index in [9.17, 15) is 4.79 Å². The maximum absolute atomic E-state index is 11.5. The normalized spacial score (nSPS) is 19.1. The van der Waals surface area contributed by atoms with E-state index in [2.05, 4.69) is 0 Å². The van der Waals surface area contributed by atoms with Gasteiger partial charge >= 0.3 is 5.97 Å². The first-order valence-electron chi connectivity index (χ1n) is 4.83. The lowest BCUT2D eigenvalue weighted by Gasteiger charge is -2.16. The fourth-order valence-electron chi connectivity index (χ4n) is 1.76. The van der Waals surface area contributed by atoms with Crippen LogP contribution >= 0.6 is 0 Å². The first kappa shape index (κ1) is 9.98. The van der Waals surface area contributed by atoms with E-state index < -0.39 is 0 Å². The van der Waals surface area contributed by atoms with Gasteiger partial charge in [-0.1, -0.05) is 0 Å². The van der Waals surface area contributed by atoms with Crippen LogP contribution in [0.4, 0.5) is 5.69 Å². The Morgan fingerprint density at radius 2 is 2.20 bits per heavy atom. The summed E-state index contributed by atoms with van der Waals surface area (Å²) in [5.74, 6) is -0.253. The van der Waals surface area contributed by atoms with Gasteiger partial charge in [0.15, 0.2) is 0 Å². The van der Waals surface area contributed by atoms with Crippen LogP contribution in [0.2, 0.25) is 0 Å². The molecule has 2 N–H and O–H groups in total. The Balaban J connectivity index is 2.35. The van der Waals surface area contributed by atoms with Crippen LogP contribution in [-0.4, -0.2) is 31.5 Å². The SMILES string of the molecule is CN(C)CC1OC(=O)c2ccc(N)cc21. The second kappa shape index (κ2) is 3.55. The molecule has 1 aromatic rings. The third-order valence-corrected chi connectivity index (χ3v) is 2.42. The molecular weight excluding hydrogens is 192 g/mol. The highest BCUT2D eigenvalue weighted by molar-refractivity contribution is 5.94. The van der Waals surface area contributed by atoms with Gasteiger partial charge in [-0.05, 0) is 32.3 Å². The summed E-state index contributed by atoms with van der Waals surface area (Å²) in [6, 6.07) is 5.26. The molecule has 1 heterocycles. The van der Waals surface area contributed by atoms with Crippen molar-refractivity contribution < 1.29 is 9.53 Å². The highest BCUT2D eigenvalue weighted by Crippen LogP contribution is 2.32. The lowest BCUT2D eigenvalue weighted by Crippen LogP contribution is -2.20. The summed E-state index contributed by atoms with van der Waals surface area (Å²) in [6.07, 6.45) is -0.189. The Morgan fingerprint density at radius 1 is 1.47 bits per heavy atom. The maximum Gasteiger partial charge on any atom is 0.339 e. The molecule has 15 heavy (non-hydrogen) atoms. The number of ether oxygens (including phenoxy) is 1. The molecule has 0 amide bonds. The van der Waals surface area contributed by atoms with E-state index in [1.165, 1.54) is 0 Å². The Kier molecular flexibility index (Phi) is 2.36. The first-order chi connectivity index (χ1) is 7.08. The van der Waals surface area contributed by atoms with Crippen LogP contribution in [0.25, 0.3) is 0 Å². The van der Waals surface area contributed by atoms with Gasteiger partial charge in [-0.3, -0.25) is 0 Å². The van der Waals surface area contributed by atoms with Gasteiger partial charge < -0.3 is 15.4 Å². The minimum atomic E-state index is -0.253. The molecule has 0 bridgehead atoms. The predicted octanol–water partition coefficient (Wildman–Crippen LogP) is 1.04. The second-order valence-corrected chi connectivity index (χ2v) is 4.00. The van der Waals surface area contributed by atoms with E-state index in [4.69, 9.17) is 10.5 Å². The molecule has 1 aliphatic rings. The number of hydrogen-bond donors (Lipinski definition) is 1. The maximum atomic E-state index is 11.5. The standard InChI is InChI=1S/C11H14N2O2/c1-13(2)6-10-9-5-7(12)3-4-8(9)11(14)15-10/h3-5,10H,6,12H2,1-2H3. The number of likely N-dealkylation sites (N-methyl/N-ethyl adjacent to an activating group) is 1. The number of cyclic esters (lactones) is 1. The van der Waals surface area contributed by atoms with Gasteiger partial charge in [-0.25, -0.2) is 4.79 Å². The minimum absolute atomic E-state index is 0.189. The number of nitrogens with two attached hydrogens (primary N) is 1. The van der Waals surface area contributed by atoms with E-state index in [1.54, 1.807) is 12.1 Å². The summed E-state index contributed by atoms with van der Waals surface area (Å²) in [4.78, 5) is 13.5. The fourth-order valence-corrected chi connectivity index (χ4v) is 1.76. The monoisotopic (exact) mass is 206 g/mol. The molecule has 0 spiro atoms. The fraction of sp³-hybridized carbons (Fsp3) is 0.364. The third kappa shape index (κ3) is 1.80. The van der Waals surface area contributed by atoms with Crippen LogP contribution in [0.1, 0.15) is 22.0 Å². The van der Waals surface area contributed by atoms with Gasteiger partial charge in [0.05, 0.1) is 5.56 Å². The summed E-state index contributed by atoms with van der Waals surface area (Å²) in [6.45, 7) is 0.683. The number of benzene rings is 1. The van der Waals surface area contributed by atoms with E-state index in [0.29, 0.717) is 17.8 Å². The van der Waals surface area contributed by atoms with Crippen molar-refractivity contribution in [3.8, 4) is 0 Å². The molecule has 0 aromatic heterocycles. The largest absolute Gasteiger partial charge is 0.452 e. The number of anilines is 1. The quantitative estimate of drug-likeness (QED) is 0.580. The molecule has 1 aromatic carbocycles. The molecule has 0 fully saturated rings. The number of rotatable bonds is 2. The number of hydrogen-bond acceptors (Lipinski definition) is 4. The number of carbonyl (C=O) groups excluding carboxylic acids is 1. The van der Waals surface area contributed by atoms with Crippen molar-refractivity contribution in [1.82, 2.24) is 4.90 Å². The molecule has 1 aliphatic heterocycles. The van der Waals surface area contributed by atoms with Crippen LogP contribution < -0.4 is 5.73 Å². The highest BCUT2D eigenvalue weighted by Gasteiger charge is 2.31. The molecule has 0 saturated carbocycles. The lowest BCUT2D eigenvalue weighted by atomic mass is 10.0. The van der Waals surface area contributed by atoms with Gasteiger partial charge in [0.2, 0.25) is 0 Å². The highest BCUT2D eigenvalue weighted by atomic mass is 16.5. The molecule has 0 saturated heterocycles. The smallest absolute Gasteiger partial charge is 0.339 e. The molecule has 4 heteroatoms. The van der Waals surface area contributed by atoms with Crippen molar-refractivity contribution in [3.63, 3.8) is 0 Å². The summed E-state index contributed by atoms with van der Waals surface area (Å²) in [5.41, 5.74) is 7.88. The predicted molar refractivity (Wildman–Crippen MR) is 57.6 cm³/mol. The van der Waals surface area contributed by atoms with Gasteiger partial charge in [-0.2, -0.15) is 0 Å². The van der Waals surface area contributed by atoms with Crippen molar-refractivity contribution in [1.29, 1.82) is 0 Å². The number of carbonyl (C=O) groups is 1. The molecule has 1 atom stereocenters. The molecule has 1 unspecified atom stereocenters. The molecule has 2 rings (SSSR count). The van der Waals surface area contributed by atoms with Gasteiger partial charge in [0, 0.05) is 17.8 Å². The number of esters is 1. The first-order valence-corrected chi connectivity index (χ1v) is 4.83. The summed E-state index contributed by atoms with van der Waals surface area (Å²) < 4.78 is 5.26. The van der Waals surface area contributed by atoms with E-state index in [1.807, 2.05) is 25.1 Å². The molecule has 0 aliphatic carbocycles. The lowest BCUT2D eigenvalue weighted by molar-refractivity contribution is 0.0332. The van der Waals surface area contributed by atoms with Crippen molar-refractivity contribution in [2.45, 2.75) is 6.10 Å². The zero-order valence-corrected chi connectivity index (χ0v) is 8.86. The second-order valence-electron chi connectivity index (χ2n) is 4.00. The summed E-state index contributed by atoms with van der Waals surface area (Å²) in [5, 5.41) is 0. The third-order valence-electron chi connectivity index (χ3n) is 2.42. The Bertz CT molecular complexity index is 402. The van der Waals surface area contributed by atoms with Gasteiger partial charge in [0.25, 0.3) is 0 Å². The minimum Gasteiger partial charge on any atom is -0.452 e. The van der Waals surface area contributed by atoms with Crippen molar-refractivity contribution in [3.05, 3.63) is 29.3 Å². The van der Waals surface area contributed by atoms with Crippen LogP contribution in [0.15, 0.2) is 18.2 Å². The Labute approximate surface area is 88.6 Å². The zero-order valence-electron chi connectivity index (χ0n) is 8.86. The van der Waals surface area contributed by atoms with Crippen LogP contribution in [0.3, 0.4) is 0 Å². The zero-order chi connectivity index (χ0) is 11.0. The summed E-state index contributed by atoms with van der Waals surface area (Å²) in [7, 11) is 3.89. The number of nitrogens with zero attached hydrogens (tertiary/aromatic N) is 1. The average Bonchev–Trinajstić information content (AvgIpc) is 2.42. The molecule has 80 valence electrons. The molecule has 0 radical (unpaired) electrons. The molecule has 4 nitrogen and oxygen atoms in total.